The number of aryl methyl sites for hydroxylation is 1. The van der Waals surface area contributed by atoms with Crippen molar-refractivity contribution in [2.45, 2.75) is 65.5 Å². The molecule has 174 valence electrons. The number of anilines is 1. The SMILES string of the molecule is CCCN1c2cc(C)c(/C=C3/SC(=O)N(Cc4ccc(F)cc4)C3=O)cc2C(C)CC1(C)C. The van der Waals surface area contributed by atoms with Crippen molar-refractivity contribution in [3.8, 4) is 0 Å². The maximum Gasteiger partial charge on any atom is 0.293 e. The van der Waals surface area contributed by atoms with Crippen LogP contribution in [0.3, 0.4) is 0 Å². The van der Waals surface area contributed by atoms with Crippen molar-refractivity contribution in [1.82, 2.24) is 4.90 Å². The van der Waals surface area contributed by atoms with Gasteiger partial charge in [-0.1, -0.05) is 26.0 Å². The molecule has 0 aromatic heterocycles. The Kier molecular flexibility index (Phi) is 6.41. The van der Waals surface area contributed by atoms with E-state index in [-0.39, 0.29) is 29.0 Å². The number of benzene rings is 2. The molecule has 4 rings (SSSR count). The summed E-state index contributed by atoms with van der Waals surface area (Å²) in [6.45, 7) is 12.3. The van der Waals surface area contributed by atoms with Gasteiger partial charge in [-0.15, -0.1) is 0 Å². The van der Waals surface area contributed by atoms with Crippen molar-refractivity contribution in [1.29, 1.82) is 0 Å². The molecule has 0 N–H and O–H groups in total. The molecule has 0 saturated carbocycles. The molecule has 0 bridgehead atoms. The Morgan fingerprint density at radius 1 is 1.18 bits per heavy atom. The fraction of sp³-hybridized carbons (Fsp3) is 0.407. The lowest BCUT2D eigenvalue weighted by atomic mass is 9.79. The molecule has 4 nitrogen and oxygen atoms in total. The highest BCUT2D eigenvalue weighted by Gasteiger charge is 2.37. The molecule has 1 unspecified atom stereocenters. The number of halogens is 1. The molecule has 2 amide bonds. The van der Waals surface area contributed by atoms with Gasteiger partial charge in [-0.2, -0.15) is 0 Å². The minimum Gasteiger partial charge on any atom is -0.366 e. The lowest BCUT2D eigenvalue weighted by molar-refractivity contribution is -0.123. The van der Waals surface area contributed by atoms with Crippen LogP contribution in [0, 0.1) is 12.7 Å². The Hall–Kier alpha value is -2.60. The number of carbonyl (C=O) groups is 2. The van der Waals surface area contributed by atoms with Gasteiger partial charge in [-0.05, 0) is 104 Å². The summed E-state index contributed by atoms with van der Waals surface area (Å²) in [7, 11) is 0. The first-order valence-electron chi connectivity index (χ1n) is 11.5. The predicted molar refractivity (Wildman–Crippen MR) is 134 cm³/mol. The lowest BCUT2D eigenvalue weighted by Gasteiger charge is -2.48. The average molecular weight is 467 g/mol. The highest BCUT2D eigenvalue weighted by Crippen LogP contribution is 2.45. The minimum absolute atomic E-state index is 0.0966. The van der Waals surface area contributed by atoms with Crippen LogP contribution < -0.4 is 4.90 Å². The zero-order valence-electron chi connectivity index (χ0n) is 19.9. The standard InChI is InChI=1S/C27H31FN2O2S/c1-6-11-30-23-12-17(2)20(13-22(23)18(3)15-27(30,4)5)14-24-25(31)29(26(32)33-24)16-19-7-9-21(28)10-8-19/h7-10,12-14,18H,6,11,15-16H2,1-5H3/b24-14+. The van der Waals surface area contributed by atoms with Crippen molar-refractivity contribution in [2.75, 3.05) is 11.4 Å². The number of nitrogens with zero attached hydrogens (tertiary/aromatic N) is 2. The lowest BCUT2D eigenvalue weighted by Crippen LogP contribution is -2.48. The third kappa shape index (κ3) is 4.58. The molecule has 2 aromatic rings. The van der Waals surface area contributed by atoms with Crippen molar-refractivity contribution < 1.29 is 14.0 Å². The third-order valence-electron chi connectivity index (χ3n) is 6.63. The molecule has 1 saturated heterocycles. The zero-order chi connectivity index (χ0) is 23.9. The number of imide groups is 1. The van der Waals surface area contributed by atoms with Crippen LogP contribution in [-0.4, -0.2) is 28.1 Å². The Bertz CT molecular complexity index is 1120. The summed E-state index contributed by atoms with van der Waals surface area (Å²) in [5.74, 6) is -0.233. The normalized spacial score (nSPS) is 21.2. The molecule has 0 radical (unpaired) electrons. The van der Waals surface area contributed by atoms with Crippen LogP contribution in [0.25, 0.3) is 6.08 Å². The van der Waals surface area contributed by atoms with Gasteiger partial charge in [0.15, 0.2) is 0 Å². The van der Waals surface area contributed by atoms with E-state index in [4.69, 9.17) is 0 Å². The summed E-state index contributed by atoms with van der Waals surface area (Å²) >= 11 is 0.968. The van der Waals surface area contributed by atoms with E-state index in [0.29, 0.717) is 10.8 Å². The van der Waals surface area contributed by atoms with E-state index in [0.717, 1.165) is 47.8 Å². The summed E-state index contributed by atoms with van der Waals surface area (Å²) < 4.78 is 13.2. The Balaban J connectivity index is 1.64. The monoisotopic (exact) mass is 466 g/mol. The van der Waals surface area contributed by atoms with Crippen LogP contribution in [0.2, 0.25) is 0 Å². The molecule has 2 heterocycles. The molecular formula is C27H31FN2O2S. The molecular weight excluding hydrogens is 435 g/mol. The summed E-state index contributed by atoms with van der Waals surface area (Å²) in [6.07, 6.45) is 4.00. The maximum absolute atomic E-state index is 13.2. The van der Waals surface area contributed by atoms with Crippen LogP contribution in [0.15, 0.2) is 41.3 Å². The van der Waals surface area contributed by atoms with E-state index >= 15 is 0 Å². The van der Waals surface area contributed by atoms with E-state index < -0.39 is 0 Å². The number of rotatable bonds is 5. The number of hydrogen-bond donors (Lipinski definition) is 0. The van der Waals surface area contributed by atoms with E-state index in [1.165, 1.54) is 28.3 Å². The molecule has 1 atom stereocenters. The van der Waals surface area contributed by atoms with E-state index in [2.05, 4.69) is 51.7 Å². The van der Waals surface area contributed by atoms with Crippen LogP contribution in [0.5, 0.6) is 0 Å². The maximum atomic E-state index is 13.2. The van der Waals surface area contributed by atoms with Gasteiger partial charge < -0.3 is 4.90 Å². The smallest absolute Gasteiger partial charge is 0.293 e. The van der Waals surface area contributed by atoms with Crippen LogP contribution >= 0.6 is 11.8 Å². The summed E-state index contributed by atoms with van der Waals surface area (Å²) in [4.78, 5) is 29.7. The van der Waals surface area contributed by atoms with Crippen molar-refractivity contribution in [2.24, 2.45) is 0 Å². The zero-order valence-corrected chi connectivity index (χ0v) is 20.8. The average Bonchev–Trinajstić information content (AvgIpc) is 3.00. The van der Waals surface area contributed by atoms with Gasteiger partial charge in [0.25, 0.3) is 11.1 Å². The van der Waals surface area contributed by atoms with Gasteiger partial charge in [-0.3, -0.25) is 14.5 Å². The third-order valence-corrected chi connectivity index (χ3v) is 7.54. The van der Waals surface area contributed by atoms with Crippen molar-refractivity contribution >= 4 is 34.7 Å². The molecule has 2 aliphatic rings. The molecule has 2 aromatic carbocycles. The first-order valence-corrected chi connectivity index (χ1v) is 12.3. The Morgan fingerprint density at radius 3 is 2.55 bits per heavy atom. The number of carbonyl (C=O) groups excluding carboxylic acids is 2. The number of thioether (sulfide) groups is 1. The van der Waals surface area contributed by atoms with Gasteiger partial charge in [0.1, 0.15) is 5.82 Å². The van der Waals surface area contributed by atoms with Crippen LogP contribution in [0.4, 0.5) is 14.9 Å². The van der Waals surface area contributed by atoms with Gasteiger partial charge >= 0.3 is 0 Å². The van der Waals surface area contributed by atoms with Crippen LogP contribution in [0.1, 0.15) is 68.7 Å². The quantitative estimate of drug-likeness (QED) is 0.451. The second-order valence-corrected chi connectivity index (χ2v) is 10.7. The fourth-order valence-corrected chi connectivity index (χ4v) is 5.83. The Labute approximate surface area is 199 Å². The second-order valence-electron chi connectivity index (χ2n) is 9.73. The number of hydrogen-bond acceptors (Lipinski definition) is 4. The van der Waals surface area contributed by atoms with Gasteiger partial charge in [-0.25, -0.2) is 4.39 Å². The second kappa shape index (κ2) is 8.98. The summed E-state index contributed by atoms with van der Waals surface area (Å²) in [6, 6.07) is 10.3. The molecule has 6 heteroatoms. The van der Waals surface area contributed by atoms with Gasteiger partial charge in [0.05, 0.1) is 11.4 Å². The van der Waals surface area contributed by atoms with Crippen molar-refractivity contribution in [3.63, 3.8) is 0 Å². The topological polar surface area (TPSA) is 40.6 Å². The minimum atomic E-state index is -0.342. The Morgan fingerprint density at radius 2 is 1.88 bits per heavy atom. The van der Waals surface area contributed by atoms with Gasteiger partial charge in [0.2, 0.25) is 0 Å². The first kappa shape index (κ1) is 23.6. The predicted octanol–water partition coefficient (Wildman–Crippen LogP) is 6.87. The first-order chi connectivity index (χ1) is 15.6. The van der Waals surface area contributed by atoms with Gasteiger partial charge in [0, 0.05) is 17.8 Å². The number of fused-ring (bicyclic) bond motifs is 1. The van der Waals surface area contributed by atoms with E-state index in [9.17, 15) is 14.0 Å². The summed E-state index contributed by atoms with van der Waals surface area (Å²) in [5.41, 5.74) is 5.45. The highest BCUT2D eigenvalue weighted by atomic mass is 32.2. The van der Waals surface area contributed by atoms with Crippen LogP contribution in [-0.2, 0) is 11.3 Å². The highest BCUT2D eigenvalue weighted by molar-refractivity contribution is 8.18. The van der Waals surface area contributed by atoms with E-state index in [1.54, 1.807) is 12.1 Å². The summed E-state index contributed by atoms with van der Waals surface area (Å²) in [5, 5.41) is -0.296. The van der Waals surface area contributed by atoms with Crippen molar-refractivity contribution in [3.05, 3.63) is 69.4 Å². The molecule has 0 aliphatic carbocycles. The molecule has 33 heavy (non-hydrogen) atoms. The molecule has 2 aliphatic heterocycles. The fourth-order valence-electron chi connectivity index (χ4n) is 5.00. The molecule has 1 fully saturated rings. The largest absolute Gasteiger partial charge is 0.366 e. The number of amides is 2. The molecule has 0 spiro atoms. The van der Waals surface area contributed by atoms with E-state index in [1.807, 2.05) is 6.08 Å².